The Labute approximate surface area is 118 Å². The third-order valence-electron chi connectivity index (χ3n) is 2.54. The number of fused-ring (bicyclic) bond motifs is 1. The molecule has 1 N–H and O–H groups in total. The average Bonchev–Trinajstić information content (AvgIpc) is 2.95. The van der Waals surface area contributed by atoms with Crippen molar-refractivity contribution in [2.24, 2.45) is 0 Å². The normalized spacial score (nSPS) is 11.1. The molecule has 7 heteroatoms. The molecular weight excluding hydrogens is 284 g/mol. The topological polar surface area (TPSA) is 63.8 Å². The summed E-state index contributed by atoms with van der Waals surface area (Å²) in [5.41, 5.74) is 0.951. The predicted molar refractivity (Wildman–Crippen MR) is 75.9 cm³/mol. The maximum Gasteiger partial charge on any atom is 0.223 e. The number of nitrogens with zero attached hydrogens (tertiary/aromatic N) is 3. The molecule has 3 aromatic rings. The van der Waals surface area contributed by atoms with E-state index < -0.39 is 0 Å². The van der Waals surface area contributed by atoms with E-state index in [1.165, 1.54) is 0 Å². The summed E-state index contributed by atoms with van der Waals surface area (Å²) >= 11 is 7.53. The van der Waals surface area contributed by atoms with Crippen LogP contribution in [0.5, 0.6) is 0 Å². The number of anilines is 1. The third-order valence-corrected chi connectivity index (χ3v) is 3.76. The largest absolute Gasteiger partial charge is 0.361 e. The number of hydrogen-bond donors (Lipinski definition) is 1. The molecule has 0 bridgehead atoms. The fourth-order valence-electron chi connectivity index (χ4n) is 1.70. The van der Waals surface area contributed by atoms with E-state index in [2.05, 4.69) is 20.4 Å². The number of aryl methyl sites for hydroxylation is 1. The molecule has 0 atom stereocenters. The van der Waals surface area contributed by atoms with Gasteiger partial charge in [-0.1, -0.05) is 28.1 Å². The number of aromatic nitrogens is 3. The zero-order chi connectivity index (χ0) is 13.2. The fraction of sp³-hybridized carbons (Fsp3) is 0.250. The van der Waals surface area contributed by atoms with Gasteiger partial charge in [0.15, 0.2) is 11.0 Å². The quantitative estimate of drug-likeness (QED) is 0.800. The molecule has 0 saturated carbocycles. The summed E-state index contributed by atoms with van der Waals surface area (Å²) in [6.07, 6.45) is 0.702. The molecule has 0 fully saturated rings. The number of halogens is 1. The van der Waals surface area contributed by atoms with Crippen LogP contribution in [0, 0.1) is 6.92 Å². The number of nitrogens with one attached hydrogen (secondary N) is 1. The second kappa shape index (κ2) is 5.14. The van der Waals surface area contributed by atoms with Crippen molar-refractivity contribution in [1.82, 2.24) is 15.1 Å². The first kappa shape index (κ1) is 12.4. The van der Waals surface area contributed by atoms with Crippen molar-refractivity contribution in [3.63, 3.8) is 0 Å². The van der Waals surface area contributed by atoms with Crippen molar-refractivity contribution in [3.05, 3.63) is 34.9 Å². The zero-order valence-corrected chi connectivity index (χ0v) is 11.8. The summed E-state index contributed by atoms with van der Waals surface area (Å²) in [5, 5.41) is 8.69. The Morgan fingerprint density at radius 1 is 1.37 bits per heavy atom. The van der Waals surface area contributed by atoms with E-state index in [1.54, 1.807) is 18.3 Å². The Hall–Kier alpha value is -1.66. The average molecular weight is 295 g/mol. The maximum absolute atomic E-state index is 5.95. The van der Waals surface area contributed by atoms with Crippen molar-refractivity contribution >= 4 is 38.3 Å². The van der Waals surface area contributed by atoms with Gasteiger partial charge in [-0.05, 0) is 18.2 Å². The zero-order valence-electron chi connectivity index (χ0n) is 10.2. The Bertz CT molecular complexity index is 709. The number of rotatable bonds is 4. The molecule has 0 spiro atoms. The van der Waals surface area contributed by atoms with Gasteiger partial charge in [-0.2, -0.15) is 4.98 Å². The Balaban J connectivity index is 1.65. The highest BCUT2D eigenvalue weighted by Gasteiger charge is 2.05. The molecule has 0 aliphatic rings. The lowest BCUT2D eigenvalue weighted by Crippen LogP contribution is -2.05. The molecule has 0 radical (unpaired) electrons. The van der Waals surface area contributed by atoms with Gasteiger partial charge >= 0.3 is 0 Å². The first-order valence-electron chi connectivity index (χ1n) is 5.80. The van der Waals surface area contributed by atoms with Gasteiger partial charge in [0.05, 0.1) is 10.2 Å². The highest BCUT2D eigenvalue weighted by molar-refractivity contribution is 7.22. The van der Waals surface area contributed by atoms with Gasteiger partial charge in [-0.3, -0.25) is 0 Å². The van der Waals surface area contributed by atoms with E-state index in [1.807, 2.05) is 18.2 Å². The first-order chi connectivity index (χ1) is 9.20. The fourth-order valence-corrected chi connectivity index (χ4v) is 2.87. The molecule has 2 aromatic heterocycles. The second-order valence-corrected chi connectivity index (χ2v) is 5.50. The Morgan fingerprint density at radius 2 is 2.26 bits per heavy atom. The molecule has 0 unspecified atom stereocenters. The van der Waals surface area contributed by atoms with Crippen molar-refractivity contribution in [2.75, 3.05) is 11.9 Å². The van der Waals surface area contributed by atoms with Crippen molar-refractivity contribution in [3.8, 4) is 0 Å². The summed E-state index contributed by atoms with van der Waals surface area (Å²) in [4.78, 5) is 8.62. The van der Waals surface area contributed by atoms with Gasteiger partial charge in [0.2, 0.25) is 5.89 Å². The number of hydrogen-bond acceptors (Lipinski definition) is 6. The lowest BCUT2D eigenvalue weighted by atomic mass is 10.3. The van der Waals surface area contributed by atoms with E-state index in [0.29, 0.717) is 24.7 Å². The minimum Gasteiger partial charge on any atom is -0.361 e. The van der Waals surface area contributed by atoms with Crippen LogP contribution >= 0.6 is 22.9 Å². The van der Waals surface area contributed by atoms with Crippen LogP contribution in [0.25, 0.3) is 10.2 Å². The van der Waals surface area contributed by atoms with Gasteiger partial charge in [0.1, 0.15) is 0 Å². The van der Waals surface area contributed by atoms with Gasteiger partial charge in [0.25, 0.3) is 0 Å². The smallest absolute Gasteiger partial charge is 0.223 e. The van der Waals surface area contributed by atoms with Crippen LogP contribution in [0.2, 0.25) is 5.02 Å². The van der Waals surface area contributed by atoms with E-state index in [4.69, 9.17) is 16.1 Å². The van der Waals surface area contributed by atoms with Crippen LogP contribution < -0.4 is 5.32 Å². The summed E-state index contributed by atoms with van der Waals surface area (Å²) in [7, 11) is 0. The number of thiazole rings is 1. The van der Waals surface area contributed by atoms with E-state index in [0.717, 1.165) is 20.4 Å². The Morgan fingerprint density at radius 3 is 3.05 bits per heavy atom. The molecule has 5 nitrogen and oxygen atoms in total. The highest BCUT2D eigenvalue weighted by atomic mass is 35.5. The van der Waals surface area contributed by atoms with Gasteiger partial charge < -0.3 is 9.84 Å². The molecule has 2 heterocycles. The SMILES string of the molecule is Cc1nc(CCNc2nc3ccc(Cl)cc3s2)no1. The van der Waals surface area contributed by atoms with Gasteiger partial charge in [-0.25, -0.2) is 4.98 Å². The Kier molecular flexibility index (Phi) is 3.35. The van der Waals surface area contributed by atoms with Crippen LogP contribution in [0.1, 0.15) is 11.7 Å². The minimum absolute atomic E-state index is 0.588. The standard InChI is InChI=1S/C12H11ClN4OS/c1-7-15-11(17-18-7)4-5-14-12-16-9-3-2-8(13)6-10(9)19-12/h2-3,6H,4-5H2,1H3,(H,14,16). The van der Waals surface area contributed by atoms with Crippen molar-refractivity contribution in [2.45, 2.75) is 13.3 Å². The summed E-state index contributed by atoms with van der Waals surface area (Å²) in [6, 6.07) is 5.68. The lowest BCUT2D eigenvalue weighted by Gasteiger charge is -1.97. The van der Waals surface area contributed by atoms with E-state index >= 15 is 0 Å². The summed E-state index contributed by atoms with van der Waals surface area (Å²) in [6.45, 7) is 2.49. The summed E-state index contributed by atoms with van der Waals surface area (Å²) < 4.78 is 5.99. The molecule has 0 aliphatic carbocycles. The molecule has 1 aromatic carbocycles. The molecule has 0 aliphatic heterocycles. The van der Waals surface area contributed by atoms with Crippen LogP contribution in [0.15, 0.2) is 22.7 Å². The van der Waals surface area contributed by atoms with E-state index in [-0.39, 0.29) is 0 Å². The van der Waals surface area contributed by atoms with Gasteiger partial charge in [0, 0.05) is 24.9 Å². The predicted octanol–water partition coefficient (Wildman–Crippen LogP) is 3.30. The number of benzene rings is 1. The minimum atomic E-state index is 0.588. The van der Waals surface area contributed by atoms with Crippen LogP contribution in [-0.2, 0) is 6.42 Å². The first-order valence-corrected chi connectivity index (χ1v) is 6.99. The van der Waals surface area contributed by atoms with Crippen LogP contribution in [0.3, 0.4) is 0 Å². The molecule has 0 amide bonds. The maximum atomic E-state index is 5.95. The lowest BCUT2D eigenvalue weighted by molar-refractivity contribution is 0.387. The van der Waals surface area contributed by atoms with Gasteiger partial charge in [-0.15, -0.1) is 0 Å². The monoisotopic (exact) mass is 294 g/mol. The van der Waals surface area contributed by atoms with E-state index in [9.17, 15) is 0 Å². The molecular formula is C12H11ClN4OS. The van der Waals surface area contributed by atoms with Crippen molar-refractivity contribution < 1.29 is 4.52 Å². The highest BCUT2D eigenvalue weighted by Crippen LogP contribution is 2.28. The van der Waals surface area contributed by atoms with Crippen LogP contribution in [-0.4, -0.2) is 21.7 Å². The molecule has 19 heavy (non-hydrogen) atoms. The molecule has 3 rings (SSSR count). The van der Waals surface area contributed by atoms with Crippen LogP contribution in [0.4, 0.5) is 5.13 Å². The molecule has 98 valence electrons. The molecule has 0 saturated heterocycles. The third kappa shape index (κ3) is 2.85. The second-order valence-electron chi connectivity index (χ2n) is 4.04. The summed E-state index contributed by atoms with van der Waals surface area (Å²) in [5.74, 6) is 1.29. The van der Waals surface area contributed by atoms with Crippen molar-refractivity contribution in [1.29, 1.82) is 0 Å².